The smallest absolute Gasteiger partial charge is 0.227 e. The number of hydrogen-bond donors (Lipinski definition) is 4. The van der Waals surface area contributed by atoms with Crippen molar-refractivity contribution in [2.24, 2.45) is 0 Å². The largest absolute Gasteiger partial charge is 0.398 e. The molecular weight excluding hydrogens is 426 g/mol. The number of imidazole rings is 1. The van der Waals surface area contributed by atoms with Gasteiger partial charge in [-0.3, -0.25) is 0 Å². The van der Waals surface area contributed by atoms with Crippen molar-refractivity contribution in [3.8, 4) is 0 Å². The van der Waals surface area contributed by atoms with Crippen LogP contribution in [0.25, 0.3) is 11.2 Å². The fourth-order valence-corrected chi connectivity index (χ4v) is 4.02. The van der Waals surface area contributed by atoms with Crippen LogP contribution in [-0.4, -0.2) is 36.3 Å². The van der Waals surface area contributed by atoms with Gasteiger partial charge >= 0.3 is 0 Å². The van der Waals surface area contributed by atoms with Crippen molar-refractivity contribution < 1.29 is 5.11 Å². The molecule has 0 fully saturated rings. The van der Waals surface area contributed by atoms with E-state index in [9.17, 15) is 5.11 Å². The number of aromatic nitrogens is 4. The molecule has 1 atom stereocenters. The van der Waals surface area contributed by atoms with Gasteiger partial charge in [0.05, 0.1) is 24.5 Å². The van der Waals surface area contributed by atoms with E-state index in [0.717, 1.165) is 28.8 Å². The number of aliphatic hydroxyl groups is 1. The Labute approximate surface area is 200 Å². The molecule has 4 rings (SSSR count). The van der Waals surface area contributed by atoms with Crippen molar-refractivity contribution in [1.82, 2.24) is 19.5 Å². The SMILES string of the molecule is CCC(Nc1nc(NCc2ccc(C)cc2N)c2ncn(Cc3ccccc3)c2n1)C(C)(C)O. The Bertz CT molecular complexity index is 1260. The zero-order valence-corrected chi connectivity index (χ0v) is 20.2. The molecule has 0 aliphatic rings. The van der Waals surface area contributed by atoms with Gasteiger partial charge < -0.3 is 26.0 Å². The lowest BCUT2D eigenvalue weighted by Crippen LogP contribution is -2.41. The summed E-state index contributed by atoms with van der Waals surface area (Å²) in [6, 6.07) is 16.0. The Hall–Kier alpha value is -3.65. The molecule has 0 saturated carbocycles. The average molecular weight is 460 g/mol. The van der Waals surface area contributed by atoms with Gasteiger partial charge in [-0.25, -0.2) is 4.98 Å². The fourth-order valence-electron chi connectivity index (χ4n) is 4.02. The summed E-state index contributed by atoms with van der Waals surface area (Å²) in [4.78, 5) is 14.1. The first-order chi connectivity index (χ1) is 16.2. The number of nitrogens with two attached hydrogens (primary N) is 1. The van der Waals surface area contributed by atoms with Crippen LogP contribution in [0.3, 0.4) is 0 Å². The zero-order chi connectivity index (χ0) is 24.3. The van der Waals surface area contributed by atoms with Gasteiger partial charge in [0.25, 0.3) is 0 Å². The van der Waals surface area contributed by atoms with Crippen LogP contribution in [0.5, 0.6) is 0 Å². The van der Waals surface area contributed by atoms with Crippen LogP contribution in [0.1, 0.15) is 43.9 Å². The van der Waals surface area contributed by atoms with Gasteiger partial charge in [-0.05, 0) is 49.9 Å². The maximum absolute atomic E-state index is 10.6. The Morgan fingerprint density at radius 2 is 1.88 bits per heavy atom. The van der Waals surface area contributed by atoms with Gasteiger partial charge in [0.2, 0.25) is 5.95 Å². The van der Waals surface area contributed by atoms with E-state index in [1.165, 1.54) is 0 Å². The molecule has 0 aliphatic heterocycles. The molecule has 8 nitrogen and oxygen atoms in total. The molecule has 5 N–H and O–H groups in total. The van der Waals surface area contributed by atoms with Crippen LogP contribution >= 0.6 is 0 Å². The second kappa shape index (κ2) is 9.69. The minimum atomic E-state index is -0.929. The van der Waals surface area contributed by atoms with E-state index in [1.807, 2.05) is 54.8 Å². The van der Waals surface area contributed by atoms with Crippen molar-refractivity contribution in [2.45, 2.75) is 58.8 Å². The molecule has 0 amide bonds. The van der Waals surface area contributed by atoms with Gasteiger partial charge in [-0.2, -0.15) is 9.97 Å². The number of aryl methyl sites for hydroxylation is 1. The summed E-state index contributed by atoms with van der Waals surface area (Å²) in [6.45, 7) is 8.75. The van der Waals surface area contributed by atoms with Gasteiger partial charge in [-0.15, -0.1) is 0 Å². The number of nitrogens with one attached hydrogen (secondary N) is 2. The lowest BCUT2D eigenvalue weighted by atomic mass is 9.97. The number of benzene rings is 2. The highest BCUT2D eigenvalue weighted by atomic mass is 16.3. The van der Waals surface area contributed by atoms with E-state index >= 15 is 0 Å². The molecule has 0 radical (unpaired) electrons. The van der Waals surface area contributed by atoms with Crippen LogP contribution in [0.2, 0.25) is 0 Å². The summed E-state index contributed by atoms with van der Waals surface area (Å²) in [5, 5.41) is 17.3. The fraction of sp³-hybridized carbons (Fsp3) is 0.346. The molecule has 4 aromatic rings. The predicted molar refractivity (Wildman–Crippen MR) is 138 cm³/mol. The highest BCUT2D eigenvalue weighted by Gasteiger charge is 2.26. The Kier molecular flexibility index (Phi) is 6.70. The molecule has 2 aromatic heterocycles. The van der Waals surface area contributed by atoms with Gasteiger partial charge in [-0.1, -0.05) is 49.4 Å². The number of nitrogen functional groups attached to an aromatic ring is 1. The standard InChI is InChI=1S/C26H33N7O/c1-5-21(26(3,4)34)30-25-31-23(28-14-19-12-11-17(2)13-20(19)27)22-24(32-25)33(16-29-22)15-18-9-7-6-8-10-18/h6-13,16,21,34H,5,14-15,27H2,1-4H3,(H2,28,30,31,32). The third-order valence-electron chi connectivity index (χ3n) is 5.97. The highest BCUT2D eigenvalue weighted by molar-refractivity contribution is 5.84. The number of nitrogens with zero attached hydrogens (tertiary/aromatic N) is 4. The second-order valence-corrected chi connectivity index (χ2v) is 9.24. The van der Waals surface area contributed by atoms with E-state index in [4.69, 9.17) is 15.7 Å². The molecule has 2 heterocycles. The van der Waals surface area contributed by atoms with Gasteiger partial charge in [0.1, 0.15) is 0 Å². The minimum Gasteiger partial charge on any atom is -0.398 e. The predicted octanol–water partition coefficient (Wildman–Crippen LogP) is 4.34. The Morgan fingerprint density at radius 1 is 1.12 bits per heavy atom. The summed E-state index contributed by atoms with van der Waals surface area (Å²) in [5.41, 5.74) is 10.7. The zero-order valence-electron chi connectivity index (χ0n) is 20.2. The lowest BCUT2D eigenvalue weighted by Gasteiger charge is -2.29. The normalized spacial score (nSPS) is 12.6. The van der Waals surface area contributed by atoms with Crippen LogP contribution in [0.4, 0.5) is 17.5 Å². The molecule has 178 valence electrons. The monoisotopic (exact) mass is 459 g/mol. The topological polar surface area (TPSA) is 114 Å². The molecule has 8 heteroatoms. The quantitative estimate of drug-likeness (QED) is 0.275. The van der Waals surface area contributed by atoms with Crippen LogP contribution in [0, 0.1) is 6.92 Å². The summed E-state index contributed by atoms with van der Waals surface area (Å²) >= 11 is 0. The summed E-state index contributed by atoms with van der Waals surface area (Å²) < 4.78 is 2.01. The number of rotatable bonds is 9. The first kappa shape index (κ1) is 23.5. The average Bonchev–Trinajstić information content (AvgIpc) is 3.19. The molecule has 0 bridgehead atoms. The minimum absolute atomic E-state index is 0.212. The van der Waals surface area contributed by atoms with E-state index in [1.54, 1.807) is 20.2 Å². The number of anilines is 3. The molecule has 1 unspecified atom stereocenters. The maximum Gasteiger partial charge on any atom is 0.227 e. The van der Waals surface area contributed by atoms with Gasteiger partial charge in [0, 0.05) is 12.2 Å². The molecule has 34 heavy (non-hydrogen) atoms. The van der Waals surface area contributed by atoms with E-state index in [2.05, 4.69) is 27.8 Å². The lowest BCUT2D eigenvalue weighted by molar-refractivity contribution is 0.0577. The van der Waals surface area contributed by atoms with Crippen molar-refractivity contribution in [1.29, 1.82) is 0 Å². The van der Waals surface area contributed by atoms with Gasteiger partial charge in [0.15, 0.2) is 17.0 Å². The number of hydrogen-bond acceptors (Lipinski definition) is 7. The third-order valence-corrected chi connectivity index (χ3v) is 5.97. The molecule has 0 aliphatic carbocycles. The number of fused-ring (bicyclic) bond motifs is 1. The van der Waals surface area contributed by atoms with Crippen LogP contribution in [-0.2, 0) is 13.1 Å². The van der Waals surface area contributed by atoms with E-state index in [-0.39, 0.29) is 6.04 Å². The highest BCUT2D eigenvalue weighted by Crippen LogP contribution is 2.25. The van der Waals surface area contributed by atoms with Crippen LogP contribution < -0.4 is 16.4 Å². The Balaban J connectivity index is 1.71. The van der Waals surface area contributed by atoms with Crippen molar-refractivity contribution >= 4 is 28.6 Å². The summed E-state index contributed by atoms with van der Waals surface area (Å²) in [7, 11) is 0. The van der Waals surface area contributed by atoms with Crippen molar-refractivity contribution in [2.75, 3.05) is 16.4 Å². The third kappa shape index (κ3) is 5.28. The molecular formula is C26H33N7O. The summed E-state index contributed by atoms with van der Waals surface area (Å²) in [5.74, 6) is 1.06. The first-order valence-corrected chi connectivity index (χ1v) is 11.6. The molecule has 0 saturated heterocycles. The van der Waals surface area contributed by atoms with Crippen molar-refractivity contribution in [3.05, 3.63) is 71.5 Å². The first-order valence-electron chi connectivity index (χ1n) is 11.6. The molecule has 2 aromatic carbocycles. The Morgan fingerprint density at radius 3 is 2.56 bits per heavy atom. The maximum atomic E-state index is 10.6. The second-order valence-electron chi connectivity index (χ2n) is 9.24. The molecule has 0 spiro atoms. The van der Waals surface area contributed by atoms with Crippen molar-refractivity contribution in [3.63, 3.8) is 0 Å². The summed E-state index contributed by atoms with van der Waals surface area (Å²) in [6.07, 6.45) is 2.51. The van der Waals surface area contributed by atoms with Crippen LogP contribution in [0.15, 0.2) is 54.9 Å². The van der Waals surface area contributed by atoms with E-state index < -0.39 is 5.60 Å². The van der Waals surface area contributed by atoms with E-state index in [0.29, 0.717) is 36.0 Å².